The zero-order valence-corrected chi connectivity index (χ0v) is 36.8. The first-order valence-electron chi connectivity index (χ1n) is 21.0. The number of fused-ring (bicyclic) bond motifs is 2. The molecule has 4 atom stereocenters. The second-order valence-electron chi connectivity index (χ2n) is 17.3. The Kier molecular flexibility index (Phi) is 14.8. The van der Waals surface area contributed by atoms with Gasteiger partial charge in [0.15, 0.2) is 11.5 Å². The van der Waals surface area contributed by atoms with E-state index < -0.39 is 23.2 Å². The van der Waals surface area contributed by atoms with Gasteiger partial charge in [0, 0.05) is 35.7 Å². The number of hydrazine groups is 1. The Balaban J connectivity index is 1.32. The Morgan fingerprint density at radius 2 is 1.50 bits per heavy atom. The van der Waals surface area contributed by atoms with Crippen molar-refractivity contribution >= 4 is 24.1 Å². The lowest BCUT2D eigenvalue weighted by Crippen LogP contribution is -2.63. The van der Waals surface area contributed by atoms with Crippen LogP contribution >= 0.6 is 0 Å². The maximum atomic E-state index is 11.0. The van der Waals surface area contributed by atoms with E-state index in [0.717, 1.165) is 39.0 Å². The standard InChI is InChI=1S/C50H62N6O6/c1-33(2)17-20-41-43(60-31-39(51)30-56(53)29-35-15-11-8-12-16-35)22-37(23-44(41)61-32-40(55-52)28-54-27-34-13-9-7-10-14-34)19-18-36-21-38-25-46-49(3,4)48(58)42(57)26-50(46,5)62-47(38)45(24-36)59-6/h7-19,21-24,28,30,42,46,48,57-58H,20,25-27,29,31-32,51-53H2,1-6H3/b19-18+,39-30-,54-28?,55-40?/t42-,46-,48-,50-/m1/s1. The first-order chi connectivity index (χ1) is 29.7. The molecule has 0 aromatic heterocycles. The first-order valence-corrected chi connectivity index (χ1v) is 21.0. The zero-order chi connectivity index (χ0) is 44.4. The number of hydrazone groups is 1. The lowest BCUT2D eigenvalue weighted by Gasteiger charge is -2.56. The highest BCUT2D eigenvalue weighted by Gasteiger charge is 2.58. The lowest BCUT2D eigenvalue weighted by molar-refractivity contribution is -0.187. The molecule has 1 saturated carbocycles. The summed E-state index contributed by atoms with van der Waals surface area (Å²) in [4.78, 5) is 4.55. The van der Waals surface area contributed by atoms with Crippen LogP contribution in [0, 0.1) is 11.3 Å². The Morgan fingerprint density at radius 3 is 2.13 bits per heavy atom. The van der Waals surface area contributed by atoms with Crippen LogP contribution in [0.25, 0.3) is 12.2 Å². The Hall–Kier alpha value is -6.08. The second kappa shape index (κ2) is 20.2. The van der Waals surface area contributed by atoms with Gasteiger partial charge in [-0.1, -0.05) is 98.3 Å². The zero-order valence-electron chi connectivity index (χ0n) is 36.8. The maximum Gasteiger partial charge on any atom is 0.165 e. The van der Waals surface area contributed by atoms with E-state index in [-0.39, 0.29) is 19.1 Å². The summed E-state index contributed by atoms with van der Waals surface area (Å²) in [5, 5.41) is 27.3. The average molecular weight is 843 g/mol. The minimum Gasteiger partial charge on any atom is -0.493 e. The molecule has 0 unspecified atom stereocenters. The number of aliphatic hydroxyl groups is 2. The van der Waals surface area contributed by atoms with Crippen molar-refractivity contribution in [3.05, 3.63) is 142 Å². The normalized spacial score (nSPS) is 20.9. The van der Waals surface area contributed by atoms with Crippen molar-refractivity contribution in [2.45, 2.75) is 84.8 Å². The summed E-state index contributed by atoms with van der Waals surface area (Å²) >= 11 is 0. The summed E-state index contributed by atoms with van der Waals surface area (Å²) < 4.78 is 25.6. The number of rotatable bonds is 17. The van der Waals surface area contributed by atoms with E-state index in [0.29, 0.717) is 66.8 Å². The van der Waals surface area contributed by atoms with Gasteiger partial charge in [0.05, 0.1) is 38.1 Å². The number of allylic oxidation sites excluding steroid dienone is 2. The quantitative estimate of drug-likeness (QED) is 0.0237. The molecule has 12 nitrogen and oxygen atoms in total. The summed E-state index contributed by atoms with van der Waals surface area (Å²) in [5.41, 5.74) is 12.9. The van der Waals surface area contributed by atoms with Crippen LogP contribution in [0.5, 0.6) is 23.0 Å². The number of nitrogens with two attached hydrogens (primary N) is 3. The molecule has 1 heterocycles. The van der Waals surface area contributed by atoms with E-state index in [1.54, 1.807) is 19.5 Å². The van der Waals surface area contributed by atoms with Gasteiger partial charge in [-0.05, 0) is 85.7 Å². The topological polar surface area (TPSA) is 183 Å². The molecule has 62 heavy (non-hydrogen) atoms. The van der Waals surface area contributed by atoms with Crippen molar-refractivity contribution < 1.29 is 29.2 Å². The molecule has 1 fully saturated rings. The van der Waals surface area contributed by atoms with E-state index in [9.17, 15) is 10.2 Å². The van der Waals surface area contributed by atoms with E-state index in [2.05, 4.69) is 22.2 Å². The molecule has 6 rings (SSSR count). The number of hydrogen-bond acceptors (Lipinski definition) is 12. The summed E-state index contributed by atoms with van der Waals surface area (Å²) in [6.07, 6.45) is 9.17. The Morgan fingerprint density at radius 1 is 0.887 bits per heavy atom. The fourth-order valence-corrected chi connectivity index (χ4v) is 8.45. The monoisotopic (exact) mass is 842 g/mol. The largest absolute Gasteiger partial charge is 0.493 e. The molecule has 328 valence electrons. The highest BCUT2D eigenvalue weighted by molar-refractivity contribution is 6.31. The summed E-state index contributed by atoms with van der Waals surface area (Å²) in [6.45, 7) is 11.2. The molecule has 0 bridgehead atoms. The molecule has 4 aromatic rings. The van der Waals surface area contributed by atoms with Crippen LogP contribution in [0.2, 0.25) is 0 Å². The fourth-order valence-electron chi connectivity index (χ4n) is 8.45. The third-order valence-electron chi connectivity index (χ3n) is 11.7. The van der Waals surface area contributed by atoms with Gasteiger partial charge in [0.1, 0.15) is 36.0 Å². The van der Waals surface area contributed by atoms with Crippen molar-refractivity contribution in [1.82, 2.24) is 5.01 Å². The van der Waals surface area contributed by atoms with Crippen LogP contribution < -0.4 is 36.4 Å². The van der Waals surface area contributed by atoms with Gasteiger partial charge in [-0.2, -0.15) is 5.10 Å². The Labute approximate surface area is 366 Å². The SMILES string of the molecule is COc1cc(/C=C/c2cc(OCC(C=NCc3ccccc3)=NN)c(CC=C(C)C)c(OC/C(N)=C/N(N)Cc3ccccc3)c2)cc2c1O[C@]1(C)C[C@@H](O)[C@@H](O)C(C)(C)[C@H]1C2. The maximum absolute atomic E-state index is 11.0. The van der Waals surface area contributed by atoms with Crippen LogP contribution in [0.15, 0.2) is 119 Å². The minimum atomic E-state index is -0.887. The number of ether oxygens (including phenoxy) is 4. The van der Waals surface area contributed by atoms with Crippen LogP contribution in [0.4, 0.5) is 0 Å². The van der Waals surface area contributed by atoms with E-state index in [1.807, 2.05) is 126 Å². The van der Waals surface area contributed by atoms with Gasteiger partial charge in [-0.15, -0.1) is 0 Å². The molecule has 0 radical (unpaired) electrons. The number of aliphatic hydroxyl groups excluding tert-OH is 2. The first kappa shape index (κ1) is 45.4. The van der Waals surface area contributed by atoms with Crippen molar-refractivity contribution in [3.63, 3.8) is 0 Å². The van der Waals surface area contributed by atoms with Gasteiger partial charge in [-0.25, -0.2) is 5.84 Å². The number of nitrogens with zero attached hydrogens (tertiary/aromatic N) is 3. The van der Waals surface area contributed by atoms with Crippen molar-refractivity contribution in [3.8, 4) is 23.0 Å². The summed E-state index contributed by atoms with van der Waals surface area (Å²) in [6, 6.07) is 27.8. The number of benzene rings is 4. The van der Waals surface area contributed by atoms with E-state index >= 15 is 0 Å². The summed E-state index contributed by atoms with van der Waals surface area (Å²) in [7, 11) is 1.62. The van der Waals surface area contributed by atoms with Gasteiger partial charge in [0.25, 0.3) is 0 Å². The van der Waals surface area contributed by atoms with Crippen molar-refractivity contribution in [2.24, 2.45) is 38.8 Å². The van der Waals surface area contributed by atoms with E-state index in [1.165, 1.54) is 5.01 Å². The smallest absolute Gasteiger partial charge is 0.165 e. The van der Waals surface area contributed by atoms with Gasteiger partial charge >= 0.3 is 0 Å². The second-order valence-corrected chi connectivity index (χ2v) is 17.3. The number of aliphatic imine (C=N–C) groups is 1. The van der Waals surface area contributed by atoms with Gasteiger partial charge in [0.2, 0.25) is 0 Å². The molecule has 4 aromatic carbocycles. The lowest BCUT2D eigenvalue weighted by atomic mass is 9.57. The van der Waals surface area contributed by atoms with Crippen LogP contribution in [-0.4, -0.2) is 65.3 Å². The molecule has 12 heteroatoms. The van der Waals surface area contributed by atoms with Crippen LogP contribution in [0.1, 0.15) is 74.4 Å². The molecule has 0 amide bonds. The number of hydrogen-bond donors (Lipinski definition) is 5. The van der Waals surface area contributed by atoms with Crippen molar-refractivity contribution in [2.75, 3.05) is 20.3 Å². The predicted molar refractivity (Wildman–Crippen MR) is 248 cm³/mol. The van der Waals surface area contributed by atoms with Crippen molar-refractivity contribution in [1.29, 1.82) is 0 Å². The molecule has 1 aliphatic carbocycles. The van der Waals surface area contributed by atoms with Gasteiger partial charge < -0.3 is 45.7 Å². The summed E-state index contributed by atoms with van der Waals surface area (Å²) in [5.74, 6) is 14.5. The molecule has 2 aliphatic rings. The molecule has 1 aliphatic heterocycles. The average Bonchev–Trinajstić information content (AvgIpc) is 3.24. The molecule has 0 spiro atoms. The molecular weight excluding hydrogens is 781 g/mol. The minimum absolute atomic E-state index is 0.0471. The van der Waals surface area contributed by atoms with Crippen LogP contribution in [-0.2, 0) is 25.9 Å². The third kappa shape index (κ3) is 11.2. The molecule has 8 N–H and O–H groups in total. The highest BCUT2D eigenvalue weighted by atomic mass is 16.5. The highest BCUT2D eigenvalue weighted by Crippen LogP contribution is 2.55. The molecule has 0 saturated heterocycles. The molecular formula is C50H62N6O6. The van der Waals surface area contributed by atoms with E-state index in [4.69, 9.17) is 36.4 Å². The van der Waals surface area contributed by atoms with Gasteiger partial charge in [-0.3, -0.25) is 4.99 Å². The third-order valence-corrected chi connectivity index (χ3v) is 11.7. The number of methoxy groups -OCH3 is 1. The Bertz CT molecular complexity index is 2300. The predicted octanol–water partition coefficient (Wildman–Crippen LogP) is 7.36. The fraction of sp³-hybridized carbons (Fsp3) is 0.360. The van der Waals surface area contributed by atoms with Crippen LogP contribution in [0.3, 0.4) is 0 Å².